The highest BCUT2D eigenvalue weighted by atomic mass is 15.0. The van der Waals surface area contributed by atoms with E-state index in [0.29, 0.717) is 12.5 Å². The second kappa shape index (κ2) is 6.48. The molecule has 1 aromatic carbocycles. The minimum atomic E-state index is 0.330. The highest BCUT2D eigenvalue weighted by molar-refractivity contribution is 5.38. The third-order valence-electron chi connectivity index (χ3n) is 3.09. The Morgan fingerprint density at radius 2 is 1.90 bits per heavy atom. The van der Waals surface area contributed by atoms with Gasteiger partial charge in [0.25, 0.3) is 0 Å². The lowest BCUT2D eigenvalue weighted by molar-refractivity contribution is 0.766. The molecule has 0 spiro atoms. The zero-order valence-corrected chi connectivity index (χ0v) is 12.4. The molecule has 3 N–H and O–H groups in total. The van der Waals surface area contributed by atoms with Crippen molar-refractivity contribution in [3.05, 3.63) is 53.0 Å². The molecule has 1 aromatic heterocycles. The van der Waals surface area contributed by atoms with Crippen LogP contribution >= 0.6 is 0 Å². The molecule has 2 aromatic rings. The Morgan fingerprint density at radius 3 is 2.60 bits per heavy atom. The van der Waals surface area contributed by atoms with Crippen molar-refractivity contribution in [1.29, 1.82) is 0 Å². The van der Waals surface area contributed by atoms with Crippen LogP contribution in [0.15, 0.2) is 30.3 Å². The van der Waals surface area contributed by atoms with Gasteiger partial charge in [-0.25, -0.2) is 9.97 Å². The van der Waals surface area contributed by atoms with Crippen LogP contribution < -0.4 is 11.1 Å². The van der Waals surface area contributed by atoms with Crippen LogP contribution in [0.2, 0.25) is 0 Å². The molecule has 106 valence electrons. The van der Waals surface area contributed by atoms with E-state index in [9.17, 15) is 0 Å². The van der Waals surface area contributed by atoms with Crippen LogP contribution in [0, 0.1) is 6.92 Å². The maximum Gasteiger partial charge on any atom is 0.133 e. The molecule has 0 saturated carbocycles. The summed E-state index contributed by atoms with van der Waals surface area (Å²) in [6.07, 6.45) is 0. The van der Waals surface area contributed by atoms with Gasteiger partial charge in [0.1, 0.15) is 11.6 Å². The molecular formula is C16H22N4. The van der Waals surface area contributed by atoms with E-state index in [2.05, 4.69) is 41.3 Å². The molecule has 0 fully saturated rings. The van der Waals surface area contributed by atoms with Crippen molar-refractivity contribution in [2.45, 2.75) is 39.8 Å². The van der Waals surface area contributed by atoms with E-state index < -0.39 is 0 Å². The van der Waals surface area contributed by atoms with Crippen molar-refractivity contribution >= 4 is 5.82 Å². The van der Waals surface area contributed by atoms with Gasteiger partial charge in [0.2, 0.25) is 0 Å². The number of rotatable bonds is 5. The van der Waals surface area contributed by atoms with E-state index in [1.54, 1.807) is 0 Å². The van der Waals surface area contributed by atoms with Gasteiger partial charge in [0, 0.05) is 30.8 Å². The number of nitrogens with two attached hydrogens (primary N) is 1. The summed E-state index contributed by atoms with van der Waals surface area (Å²) in [5.41, 5.74) is 8.99. The summed E-state index contributed by atoms with van der Waals surface area (Å²) >= 11 is 0. The van der Waals surface area contributed by atoms with Crippen LogP contribution in [0.25, 0.3) is 0 Å². The molecule has 2 rings (SSSR count). The number of nitrogens with zero attached hydrogens (tertiary/aromatic N) is 2. The molecular weight excluding hydrogens is 248 g/mol. The normalized spacial score (nSPS) is 10.8. The van der Waals surface area contributed by atoms with E-state index in [1.165, 1.54) is 5.56 Å². The van der Waals surface area contributed by atoms with Crippen molar-refractivity contribution in [3.8, 4) is 0 Å². The molecule has 0 saturated heterocycles. The van der Waals surface area contributed by atoms with Crippen molar-refractivity contribution in [3.63, 3.8) is 0 Å². The maximum absolute atomic E-state index is 5.66. The number of aromatic nitrogens is 2. The summed E-state index contributed by atoms with van der Waals surface area (Å²) in [6.45, 7) is 7.50. The molecule has 0 atom stereocenters. The zero-order chi connectivity index (χ0) is 14.5. The minimum Gasteiger partial charge on any atom is -0.366 e. The lowest BCUT2D eigenvalue weighted by Gasteiger charge is -2.11. The fourth-order valence-electron chi connectivity index (χ4n) is 2.00. The second-order valence-corrected chi connectivity index (χ2v) is 5.29. The molecule has 0 aliphatic carbocycles. The van der Waals surface area contributed by atoms with Gasteiger partial charge in [0.05, 0.1) is 0 Å². The van der Waals surface area contributed by atoms with Crippen molar-refractivity contribution in [2.75, 3.05) is 5.32 Å². The van der Waals surface area contributed by atoms with Crippen molar-refractivity contribution in [2.24, 2.45) is 5.73 Å². The van der Waals surface area contributed by atoms with E-state index in [0.717, 1.165) is 29.4 Å². The van der Waals surface area contributed by atoms with Crippen LogP contribution in [0.3, 0.4) is 0 Å². The average Bonchev–Trinajstić information content (AvgIpc) is 2.44. The number of benzene rings is 1. The molecule has 0 aliphatic heterocycles. The third-order valence-corrected chi connectivity index (χ3v) is 3.09. The first-order valence-electron chi connectivity index (χ1n) is 6.96. The van der Waals surface area contributed by atoms with E-state index in [-0.39, 0.29) is 0 Å². The predicted octanol–water partition coefficient (Wildman–Crippen LogP) is 2.98. The Hall–Kier alpha value is -1.94. The number of anilines is 1. The molecule has 0 radical (unpaired) electrons. The number of hydrogen-bond donors (Lipinski definition) is 2. The molecule has 0 aliphatic rings. The van der Waals surface area contributed by atoms with Gasteiger partial charge < -0.3 is 11.1 Å². The van der Waals surface area contributed by atoms with E-state index in [4.69, 9.17) is 5.73 Å². The summed E-state index contributed by atoms with van der Waals surface area (Å²) in [6, 6.07) is 10.2. The lowest BCUT2D eigenvalue weighted by atomic mass is 10.1. The molecule has 0 unspecified atom stereocenters. The fraction of sp³-hybridized carbons (Fsp3) is 0.375. The quantitative estimate of drug-likeness (QED) is 0.876. The van der Waals surface area contributed by atoms with Gasteiger partial charge in [-0.3, -0.25) is 0 Å². The Balaban J connectivity index is 2.10. The van der Waals surface area contributed by atoms with Crippen LogP contribution in [-0.2, 0) is 13.1 Å². The topological polar surface area (TPSA) is 63.8 Å². The first-order chi connectivity index (χ1) is 9.58. The molecule has 0 bridgehead atoms. The highest BCUT2D eigenvalue weighted by Gasteiger charge is 2.06. The monoisotopic (exact) mass is 270 g/mol. The first kappa shape index (κ1) is 14.5. The third kappa shape index (κ3) is 3.78. The summed E-state index contributed by atoms with van der Waals surface area (Å²) in [5, 5.41) is 3.36. The lowest BCUT2D eigenvalue weighted by Crippen LogP contribution is -2.07. The Kier molecular flexibility index (Phi) is 4.69. The predicted molar refractivity (Wildman–Crippen MR) is 82.5 cm³/mol. The zero-order valence-electron chi connectivity index (χ0n) is 12.4. The summed E-state index contributed by atoms with van der Waals surface area (Å²) in [4.78, 5) is 8.99. The standard InChI is InChI=1S/C16H22N4/c1-11(2)16-19-12(3)7-15(20-16)18-10-14-6-4-5-13(8-14)9-17/h4-8,11H,9-10,17H2,1-3H3,(H,18,19,20). The first-order valence-corrected chi connectivity index (χ1v) is 6.96. The van der Waals surface area contributed by atoms with Gasteiger partial charge in [0.15, 0.2) is 0 Å². The fourth-order valence-corrected chi connectivity index (χ4v) is 2.00. The van der Waals surface area contributed by atoms with Crippen molar-refractivity contribution < 1.29 is 0 Å². The number of nitrogens with one attached hydrogen (secondary N) is 1. The molecule has 4 heteroatoms. The Labute approximate surface area is 120 Å². The van der Waals surface area contributed by atoms with Gasteiger partial charge in [-0.2, -0.15) is 0 Å². The molecule has 4 nitrogen and oxygen atoms in total. The van der Waals surface area contributed by atoms with Crippen LogP contribution in [0.4, 0.5) is 5.82 Å². The Bertz CT molecular complexity index is 578. The molecule has 20 heavy (non-hydrogen) atoms. The molecule has 0 amide bonds. The van der Waals surface area contributed by atoms with Crippen LogP contribution in [0.5, 0.6) is 0 Å². The van der Waals surface area contributed by atoms with Crippen molar-refractivity contribution in [1.82, 2.24) is 9.97 Å². The summed E-state index contributed by atoms with van der Waals surface area (Å²) in [5.74, 6) is 2.08. The van der Waals surface area contributed by atoms with Gasteiger partial charge >= 0.3 is 0 Å². The number of aryl methyl sites for hydroxylation is 1. The SMILES string of the molecule is Cc1cc(NCc2cccc(CN)c2)nc(C(C)C)n1. The average molecular weight is 270 g/mol. The van der Waals surface area contributed by atoms with Crippen LogP contribution in [0.1, 0.15) is 42.4 Å². The number of hydrogen-bond acceptors (Lipinski definition) is 4. The smallest absolute Gasteiger partial charge is 0.133 e. The maximum atomic E-state index is 5.66. The second-order valence-electron chi connectivity index (χ2n) is 5.29. The highest BCUT2D eigenvalue weighted by Crippen LogP contribution is 2.14. The summed E-state index contributed by atoms with van der Waals surface area (Å²) in [7, 11) is 0. The van der Waals surface area contributed by atoms with E-state index in [1.807, 2.05) is 25.1 Å². The molecule has 1 heterocycles. The van der Waals surface area contributed by atoms with Crippen LogP contribution in [-0.4, -0.2) is 9.97 Å². The minimum absolute atomic E-state index is 0.330. The largest absolute Gasteiger partial charge is 0.366 e. The van der Waals surface area contributed by atoms with Gasteiger partial charge in [-0.15, -0.1) is 0 Å². The van der Waals surface area contributed by atoms with Gasteiger partial charge in [-0.05, 0) is 18.1 Å². The Morgan fingerprint density at radius 1 is 1.15 bits per heavy atom. The van der Waals surface area contributed by atoms with Gasteiger partial charge in [-0.1, -0.05) is 38.1 Å². The summed E-state index contributed by atoms with van der Waals surface area (Å²) < 4.78 is 0. The van der Waals surface area contributed by atoms with E-state index >= 15 is 0 Å².